The second-order valence-electron chi connectivity index (χ2n) is 5.93. The molecular formula is C18H24N2O4. The van der Waals surface area contributed by atoms with Crippen molar-refractivity contribution in [2.75, 3.05) is 26.2 Å². The van der Waals surface area contributed by atoms with Gasteiger partial charge >= 0.3 is 5.97 Å². The molecule has 1 fully saturated rings. The number of carbonyl (C=O) groups is 3. The van der Waals surface area contributed by atoms with Crippen LogP contribution in [0, 0.1) is 5.92 Å². The van der Waals surface area contributed by atoms with Crippen LogP contribution < -0.4 is 5.32 Å². The van der Waals surface area contributed by atoms with Gasteiger partial charge < -0.3 is 15.0 Å². The first-order chi connectivity index (χ1) is 11.6. The molecule has 0 radical (unpaired) electrons. The van der Waals surface area contributed by atoms with Gasteiger partial charge in [-0.3, -0.25) is 14.4 Å². The number of likely N-dealkylation sites (tertiary alicyclic amines) is 1. The molecule has 2 rings (SSSR count). The van der Waals surface area contributed by atoms with Gasteiger partial charge in [-0.15, -0.1) is 0 Å². The third-order valence-electron chi connectivity index (χ3n) is 3.98. The number of esters is 1. The molecule has 0 unspecified atom stereocenters. The van der Waals surface area contributed by atoms with Gasteiger partial charge in [-0.05, 0) is 18.4 Å². The molecule has 2 amide bonds. The first-order valence-corrected chi connectivity index (χ1v) is 8.35. The highest BCUT2D eigenvalue weighted by Gasteiger charge is 2.35. The minimum Gasteiger partial charge on any atom is -0.455 e. The Morgan fingerprint density at radius 3 is 2.75 bits per heavy atom. The molecule has 1 aromatic carbocycles. The van der Waals surface area contributed by atoms with Crippen LogP contribution in [0.2, 0.25) is 0 Å². The lowest BCUT2D eigenvalue weighted by Gasteiger charge is -2.16. The lowest BCUT2D eigenvalue weighted by Crippen LogP contribution is -2.32. The van der Waals surface area contributed by atoms with E-state index in [2.05, 4.69) is 5.32 Å². The summed E-state index contributed by atoms with van der Waals surface area (Å²) >= 11 is 0. The van der Waals surface area contributed by atoms with Crippen LogP contribution in [0.15, 0.2) is 30.3 Å². The van der Waals surface area contributed by atoms with Gasteiger partial charge in [0.25, 0.3) is 5.91 Å². The maximum absolute atomic E-state index is 12.0. The molecule has 0 aliphatic carbocycles. The number of amides is 2. The Balaban J connectivity index is 1.74. The molecule has 1 N–H and O–H groups in total. The van der Waals surface area contributed by atoms with Crippen LogP contribution in [0.1, 0.15) is 25.3 Å². The number of rotatable bonds is 8. The molecule has 24 heavy (non-hydrogen) atoms. The molecule has 0 aromatic heterocycles. The Bertz CT molecular complexity index is 574. The van der Waals surface area contributed by atoms with Crippen molar-refractivity contribution in [1.82, 2.24) is 10.2 Å². The van der Waals surface area contributed by atoms with Gasteiger partial charge in [0.15, 0.2) is 6.61 Å². The maximum Gasteiger partial charge on any atom is 0.311 e. The summed E-state index contributed by atoms with van der Waals surface area (Å²) in [5.41, 5.74) is 1.16. The number of benzene rings is 1. The molecule has 1 heterocycles. The van der Waals surface area contributed by atoms with Crippen molar-refractivity contribution in [2.24, 2.45) is 5.92 Å². The molecule has 6 heteroatoms. The van der Waals surface area contributed by atoms with E-state index in [1.165, 1.54) is 0 Å². The Morgan fingerprint density at radius 1 is 1.29 bits per heavy atom. The molecule has 0 saturated carbocycles. The average molecular weight is 332 g/mol. The summed E-state index contributed by atoms with van der Waals surface area (Å²) in [6, 6.07) is 9.91. The normalized spacial score (nSPS) is 17.0. The Morgan fingerprint density at radius 2 is 2.04 bits per heavy atom. The van der Waals surface area contributed by atoms with E-state index in [1.807, 2.05) is 37.3 Å². The van der Waals surface area contributed by atoms with Crippen LogP contribution in [0.4, 0.5) is 0 Å². The quantitative estimate of drug-likeness (QED) is 0.725. The lowest BCUT2D eigenvalue weighted by atomic mass is 10.1. The zero-order valence-electron chi connectivity index (χ0n) is 14.0. The van der Waals surface area contributed by atoms with Crippen molar-refractivity contribution in [3.05, 3.63) is 35.9 Å². The Labute approximate surface area is 142 Å². The summed E-state index contributed by atoms with van der Waals surface area (Å²) < 4.78 is 5.01. The fraction of sp³-hybridized carbons (Fsp3) is 0.500. The van der Waals surface area contributed by atoms with E-state index in [0.717, 1.165) is 18.4 Å². The number of ether oxygens (including phenoxy) is 1. The molecule has 1 atom stereocenters. The van der Waals surface area contributed by atoms with Crippen LogP contribution in [-0.4, -0.2) is 48.9 Å². The van der Waals surface area contributed by atoms with E-state index < -0.39 is 11.9 Å². The number of carbonyl (C=O) groups excluding carboxylic acids is 3. The van der Waals surface area contributed by atoms with Crippen molar-refractivity contribution < 1.29 is 19.1 Å². The first kappa shape index (κ1) is 18.0. The smallest absolute Gasteiger partial charge is 0.311 e. The van der Waals surface area contributed by atoms with Crippen LogP contribution in [0.3, 0.4) is 0 Å². The van der Waals surface area contributed by atoms with Gasteiger partial charge in [0.1, 0.15) is 0 Å². The van der Waals surface area contributed by atoms with Crippen molar-refractivity contribution in [3.63, 3.8) is 0 Å². The fourth-order valence-corrected chi connectivity index (χ4v) is 2.62. The third kappa shape index (κ3) is 5.37. The largest absolute Gasteiger partial charge is 0.455 e. The summed E-state index contributed by atoms with van der Waals surface area (Å²) in [6.07, 6.45) is 1.74. The highest BCUT2D eigenvalue weighted by atomic mass is 16.5. The number of hydrogen-bond donors (Lipinski definition) is 1. The number of nitrogens with zero attached hydrogens (tertiary/aromatic N) is 1. The summed E-state index contributed by atoms with van der Waals surface area (Å²) in [7, 11) is 0. The van der Waals surface area contributed by atoms with Gasteiger partial charge in [0.05, 0.1) is 5.92 Å². The van der Waals surface area contributed by atoms with Crippen LogP contribution in [-0.2, 0) is 25.5 Å². The summed E-state index contributed by atoms with van der Waals surface area (Å²) in [6.45, 7) is 3.17. The number of hydrogen-bond acceptors (Lipinski definition) is 4. The topological polar surface area (TPSA) is 75.7 Å². The molecule has 0 spiro atoms. The zero-order chi connectivity index (χ0) is 17.4. The lowest BCUT2D eigenvalue weighted by molar-refractivity contribution is -0.152. The highest BCUT2D eigenvalue weighted by molar-refractivity contribution is 5.88. The van der Waals surface area contributed by atoms with Crippen molar-refractivity contribution in [1.29, 1.82) is 0 Å². The summed E-state index contributed by atoms with van der Waals surface area (Å²) in [4.78, 5) is 37.2. The van der Waals surface area contributed by atoms with Crippen LogP contribution in [0.25, 0.3) is 0 Å². The molecule has 1 aliphatic heterocycles. The van der Waals surface area contributed by atoms with Crippen molar-refractivity contribution >= 4 is 17.8 Å². The second-order valence-corrected chi connectivity index (χ2v) is 5.93. The van der Waals surface area contributed by atoms with Gasteiger partial charge in [0, 0.05) is 26.1 Å². The minimum atomic E-state index is -0.479. The predicted octanol–water partition coefficient (Wildman–Crippen LogP) is 1.15. The van der Waals surface area contributed by atoms with E-state index in [4.69, 9.17) is 4.74 Å². The molecule has 1 saturated heterocycles. The molecule has 1 aromatic rings. The van der Waals surface area contributed by atoms with E-state index >= 15 is 0 Å². The number of nitrogens with one attached hydrogen (secondary N) is 1. The molecule has 0 bridgehead atoms. The minimum absolute atomic E-state index is 0.0386. The monoisotopic (exact) mass is 332 g/mol. The SMILES string of the molecule is CCCNC(=O)COC(=O)[C@H]1CC(=O)N(CCc2ccccc2)C1. The Kier molecular flexibility index (Phi) is 6.78. The van der Waals surface area contributed by atoms with E-state index in [1.54, 1.807) is 4.90 Å². The molecule has 1 aliphatic rings. The molecule has 6 nitrogen and oxygen atoms in total. The summed E-state index contributed by atoms with van der Waals surface area (Å²) in [5, 5.41) is 2.64. The van der Waals surface area contributed by atoms with Crippen LogP contribution >= 0.6 is 0 Å². The molecular weight excluding hydrogens is 308 g/mol. The fourth-order valence-electron chi connectivity index (χ4n) is 2.62. The first-order valence-electron chi connectivity index (χ1n) is 8.35. The van der Waals surface area contributed by atoms with Crippen LogP contribution in [0.5, 0.6) is 0 Å². The molecule has 130 valence electrons. The van der Waals surface area contributed by atoms with E-state index in [9.17, 15) is 14.4 Å². The summed E-state index contributed by atoms with van der Waals surface area (Å²) in [5.74, 6) is -1.30. The predicted molar refractivity (Wildman–Crippen MR) is 89.1 cm³/mol. The Hall–Kier alpha value is -2.37. The van der Waals surface area contributed by atoms with Crippen molar-refractivity contribution in [2.45, 2.75) is 26.2 Å². The average Bonchev–Trinajstić information content (AvgIpc) is 2.98. The highest BCUT2D eigenvalue weighted by Crippen LogP contribution is 2.19. The van der Waals surface area contributed by atoms with Gasteiger partial charge in [0.2, 0.25) is 5.91 Å². The standard InChI is InChI=1S/C18H24N2O4/c1-2-9-19-16(21)13-24-18(23)15-11-17(22)20(12-15)10-8-14-6-4-3-5-7-14/h3-7,15H,2,8-13H2,1H3,(H,19,21)/t15-/m0/s1. The van der Waals surface area contributed by atoms with Gasteiger partial charge in [-0.1, -0.05) is 37.3 Å². The zero-order valence-corrected chi connectivity index (χ0v) is 14.0. The van der Waals surface area contributed by atoms with Crippen molar-refractivity contribution in [3.8, 4) is 0 Å². The van der Waals surface area contributed by atoms with E-state index in [-0.39, 0.29) is 24.8 Å². The second kappa shape index (κ2) is 9.05. The van der Waals surface area contributed by atoms with Gasteiger partial charge in [-0.2, -0.15) is 0 Å². The maximum atomic E-state index is 12.0. The van der Waals surface area contributed by atoms with Gasteiger partial charge in [-0.25, -0.2) is 0 Å². The van der Waals surface area contributed by atoms with E-state index in [0.29, 0.717) is 19.6 Å². The third-order valence-corrected chi connectivity index (χ3v) is 3.98.